The van der Waals surface area contributed by atoms with Gasteiger partial charge in [-0.3, -0.25) is 9.59 Å². The maximum atomic E-state index is 13.0. The van der Waals surface area contributed by atoms with E-state index in [1.165, 1.54) is 0 Å². The number of ketones is 1. The van der Waals surface area contributed by atoms with Gasteiger partial charge in [0, 0.05) is 30.1 Å². The molecule has 1 N–H and O–H groups in total. The van der Waals surface area contributed by atoms with Crippen LogP contribution in [0.2, 0.25) is 0 Å². The first-order valence-corrected chi connectivity index (χ1v) is 8.74. The van der Waals surface area contributed by atoms with Crippen molar-refractivity contribution < 1.29 is 14.7 Å². The molecule has 1 aliphatic heterocycles. The molecule has 0 aromatic heterocycles. The monoisotopic (exact) mass is 337 g/mol. The van der Waals surface area contributed by atoms with Gasteiger partial charge in [0.1, 0.15) is 0 Å². The quantitative estimate of drug-likeness (QED) is 0.872. The van der Waals surface area contributed by atoms with Crippen LogP contribution in [0.15, 0.2) is 54.6 Å². The Morgan fingerprint density at radius 3 is 2.36 bits per heavy atom. The SMILES string of the molecule is CC(O)C1CCCN(C(=O)c2ccccc2C(=O)c2ccccc2)C1. The summed E-state index contributed by atoms with van der Waals surface area (Å²) in [5.74, 6) is -0.187. The van der Waals surface area contributed by atoms with E-state index >= 15 is 0 Å². The number of carbonyl (C=O) groups excluding carboxylic acids is 2. The first kappa shape index (κ1) is 17.4. The number of carbonyl (C=O) groups is 2. The fourth-order valence-electron chi connectivity index (χ4n) is 3.37. The number of piperidine rings is 1. The Bertz CT molecular complexity index is 755. The summed E-state index contributed by atoms with van der Waals surface area (Å²) in [6.07, 6.45) is 1.36. The van der Waals surface area contributed by atoms with Crippen LogP contribution in [0.5, 0.6) is 0 Å². The standard InChI is InChI=1S/C21H23NO3/c1-15(23)17-10-7-13-22(14-17)21(25)19-12-6-5-11-18(19)20(24)16-8-3-2-4-9-16/h2-6,8-9,11-12,15,17,23H,7,10,13-14H2,1H3. The molecular weight excluding hydrogens is 314 g/mol. The molecule has 1 amide bonds. The molecular formula is C21H23NO3. The minimum atomic E-state index is -0.434. The third-order valence-corrected chi connectivity index (χ3v) is 4.87. The molecule has 2 aromatic rings. The number of benzene rings is 2. The zero-order chi connectivity index (χ0) is 17.8. The van der Waals surface area contributed by atoms with Crippen LogP contribution in [-0.4, -0.2) is 40.9 Å². The average molecular weight is 337 g/mol. The Morgan fingerprint density at radius 2 is 1.68 bits per heavy atom. The van der Waals surface area contributed by atoms with Crippen LogP contribution in [0.1, 0.15) is 46.0 Å². The van der Waals surface area contributed by atoms with Gasteiger partial charge in [-0.25, -0.2) is 0 Å². The number of nitrogens with zero attached hydrogens (tertiary/aromatic N) is 1. The van der Waals surface area contributed by atoms with E-state index in [1.807, 2.05) is 18.2 Å². The molecule has 1 fully saturated rings. The highest BCUT2D eigenvalue weighted by Crippen LogP contribution is 2.23. The van der Waals surface area contributed by atoms with E-state index in [2.05, 4.69) is 0 Å². The molecule has 0 radical (unpaired) electrons. The van der Waals surface area contributed by atoms with Crippen LogP contribution in [0.25, 0.3) is 0 Å². The van der Waals surface area contributed by atoms with Crippen LogP contribution >= 0.6 is 0 Å². The third kappa shape index (κ3) is 3.80. The molecule has 4 heteroatoms. The van der Waals surface area contributed by atoms with Gasteiger partial charge in [0.15, 0.2) is 5.78 Å². The summed E-state index contributed by atoms with van der Waals surface area (Å²) in [6, 6.07) is 16.0. The molecule has 1 saturated heterocycles. The maximum Gasteiger partial charge on any atom is 0.254 e. The fraction of sp³-hybridized carbons (Fsp3) is 0.333. The van der Waals surface area contributed by atoms with Crippen molar-refractivity contribution in [2.75, 3.05) is 13.1 Å². The van der Waals surface area contributed by atoms with Crippen molar-refractivity contribution in [3.8, 4) is 0 Å². The average Bonchev–Trinajstić information content (AvgIpc) is 2.67. The van der Waals surface area contributed by atoms with Gasteiger partial charge >= 0.3 is 0 Å². The lowest BCUT2D eigenvalue weighted by Gasteiger charge is -2.34. The highest BCUT2D eigenvalue weighted by molar-refractivity contribution is 6.15. The predicted octanol–water partition coefficient (Wildman–Crippen LogP) is 3.15. The molecule has 130 valence electrons. The molecule has 0 spiro atoms. The van der Waals surface area contributed by atoms with Gasteiger partial charge in [0.2, 0.25) is 0 Å². The minimum absolute atomic E-state index is 0.0923. The summed E-state index contributed by atoms with van der Waals surface area (Å²) < 4.78 is 0. The number of aliphatic hydroxyl groups excluding tert-OH is 1. The Balaban J connectivity index is 1.88. The van der Waals surface area contributed by atoms with Crippen molar-refractivity contribution >= 4 is 11.7 Å². The molecule has 2 aromatic carbocycles. The van der Waals surface area contributed by atoms with Crippen LogP contribution in [0.3, 0.4) is 0 Å². The van der Waals surface area contributed by atoms with E-state index in [4.69, 9.17) is 0 Å². The van der Waals surface area contributed by atoms with Gasteiger partial charge in [-0.1, -0.05) is 48.5 Å². The summed E-state index contributed by atoms with van der Waals surface area (Å²) in [7, 11) is 0. The second kappa shape index (κ2) is 7.62. The molecule has 1 aliphatic rings. The van der Waals surface area contributed by atoms with Crippen molar-refractivity contribution in [3.63, 3.8) is 0 Å². The molecule has 0 bridgehead atoms. The Kier molecular flexibility index (Phi) is 5.29. The number of aliphatic hydroxyl groups is 1. The lowest BCUT2D eigenvalue weighted by atomic mass is 9.92. The number of amides is 1. The molecule has 1 heterocycles. The highest BCUT2D eigenvalue weighted by atomic mass is 16.3. The lowest BCUT2D eigenvalue weighted by Crippen LogP contribution is -2.43. The van der Waals surface area contributed by atoms with E-state index in [0.717, 1.165) is 12.8 Å². The lowest BCUT2D eigenvalue weighted by molar-refractivity contribution is 0.0464. The zero-order valence-corrected chi connectivity index (χ0v) is 14.4. The normalized spacial score (nSPS) is 18.6. The minimum Gasteiger partial charge on any atom is -0.393 e. The maximum absolute atomic E-state index is 13.0. The van der Waals surface area contributed by atoms with Gasteiger partial charge in [-0.15, -0.1) is 0 Å². The summed E-state index contributed by atoms with van der Waals surface area (Å²) in [4.78, 5) is 27.6. The molecule has 3 rings (SSSR count). The molecule has 2 atom stereocenters. The van der Waals surface area contributed by atoms with E-state index in [-0.39, 0.29) is 17.6 Å². The van der Waals surface area contributed by atoms with Crippen molar-refractivity contribution in [1.29, 1.82) is 0 Å². The van der Waals surface area contributed by atoms with Crippen LogP contribution in [0, 0.1) is 5.92 Å². The Morgan fingerprint density at radius 1 is 1.04 bits per heavy atom. The van der Waals surface area contributed by atoms with Gasteiger partial charge < -0.3 is 10.0 Å². The Labute approximate surface area is 148 Å². The van der Waals surface area contributed by atoms with Crippen LogP contribution in [0.4, 0.5) is 0 Å². The van der Waals surface area contributed by atoms with Crippen molar-refractivity contribution in [2.24, 2.45) is 5.92 Å². The van der Waals surface area contributed by atoms with Crippen molar-refractivity contribution in [3.05, 3.63) is 71.3 Å². The van der Waals surface area contributed by atoms with Crippen molar-refractivity contribution in [1.82, 2.24) is 4.90 Å². The Hall–Kier alpha value is -2.46. The van der Waals surface area contributed by atoms with Gasteiger partial charge in [0.25, 0.3) is 5.91 Å². The van der Waals surface area contributed by atoms with E-state index in [0.29, 0.717) is 29.8 Å². The fourth-order valence-corrected chi connectivity index (χ4v) is 3.37. The topological polar surface area (TPSA) is 57.6 Å². The van der Waals surface area contributed by atoms with Crippen LogP contribution < -0.4 is 0 Å². The smallest absolute Gasteiger partial charge is 0.254 e. The number of rotatable bonds is 4. The van der Waals surface area contributed by atoms with Gasteiger partial charge in [-0.05, 0) is 25.8 Å². The van der Waals surface area contributed by atoms with Gasteiger partial charge in [0.05, 0.1) is 11.7 Å². The van der Waals surface area contributed by atoms with Crippen LogP contribution in [-0.2, 0) is 0 Å². The molecule has 4 nitrogen and oxygen atoms in total. The summed E-state index contributed by atoms with van der Waals surface area (Å²) in [5, 5.41) is 9.85. The van der Waals surface area contributed by atoms with Crippen molar-refractivity contribution in [2.45, 2.75) is 25.9 Å². The second-order valence-corrected chi connectivity index (χ2v) is 6.63. The summed E-state index contributed by atoms with van der Waals surface area (Å²) >= 11 is 0. The molecule has 0 aliphatic carbocycles. The molecule has 2 unspecified atom stereocenters. The van der Waals surface area contributed by atoms with E-state index in [9.17, 15) is 14.7 Å². The molecule has 0 saturated carbocycles. The first-order chi connectivity index (χ1) is 12.1. The highest BCUT2D eigenvalue weighted by Gasteiger charge is 2.29. The third-order valence-electron chi connectivity index (χ3n) is 4.87. The second-order valence-electron chi connectivity index (χ2n) is 6.63. The molecule has 25 heavy (non-hydrogen) atoms. The predicted molar refractivity (Wildman–Crippen MR) is 96.6 cm³/mol. The van der Waals surface area contributed by atoms with E-state index < -0.39 is 6.10 Å². The first-order valence-electron chi connectivity index (χ1n) is 8.74. The van der Waals surface area contributed by atoms with Gasteiger partial charge in [-0.2, -0.15) is 0 Å². The summed E-state index contributed by atoms with van der Waals surface area (Å²) in [5.41, 5.74) is 1.43. The zero-order valence-electron chi connectivity index (χ0n) is 14.4. The van der Waals surface area contributed by atoms with E-state index in [1.54, 1.807) is 48.2 Å². The number of hydrogen-bond acceptors (Lipinski definition) is 3. The largest absolute Gasteiger partial charge is 0.393 e. The number of likely N-dealkylation sites (tertiary alicyclic amines) is 1. The summed E-state index contributed by atoms with van der Waals surface area (Å²) in [6.45, 7) is 2.96. The number of hydrogen-bond donors (Lipinski definition) is 1.